The minimum Gasteiger partial charge on any atom is -0.352 e. The Morgan fingerprint density at radius 3 is 2.30 bits per heavy atom. The molecule has 1 fully saturated rings. The highest BCUT2D eigenvalue weighted by atomic mass is 35.5. The average molecular weight is 603 g/mol. The first-order chi connectivity index (χ1) is 19.1. The third-order valence-electron chi connectivity index (χ3n) is 7.26. The Bertz CT molecular complexity index is 1460. The fourth-order valence-electron chi connectivity index (χ4n) is 4.86. The summed E-state index contributed by atoms with van der Waals surface area (Å²) in [5, 5.41) is 3.45. The molecule has 3 aromatic rings. The third-order valence-corrected chi connectivity index (χ3v) is 9.59. The van der Waals surface area contributed by atoms with E-state index in [1.54, 1.807) is 31.2 Å². The smallest absolute Gasteiger partial charge is 0.264 e. The van der Waals surface area contributed by atoms with E-state index < -0.39 is 28.5 Å². The second-order valence-electron chi connectivity index (χ2n) is 10.0. The summed E-state index contributed by atoms with van der Waals surface area (Å²) in [6.45, 7) is 3.15. The van der Waals surface area contributed by atoms with E-state index in [1.165, 1.54) is 29.2 Å². The van der Waals surface area contributed by atoms with E-state index in [4.69, 9.17) is 23.2 Å². The van der Waals surface area contributed by atoms with Gasteiger partial charge in [0.25, 0.3) is 10.0 Å². The lowest BCUT2D eigenvalue weighted by Gasteiger charge is -2.33. The molecule has 1 aliphatic carbocycles. The Kier molecular flexibility index (Phi) is 9.77. The molecule has 0 radical (unpaired) electrons. The molecule has 212 valence electrons. The topological polar surface area (TPSA) is 86.8 Å². The van der Waals surface area contributed by atoms with Gasteiger partial charge in [-0.3, -0.25) is 13.9 Å². The Balaban J connectivity index is 1.72. The zero-order valence-electron chi connectivity index (χ0n) is 22.5. The molecular formula is C30H33Cl2N3O4S. The van der Waals surface area contributed by atoms with E-state index in [9.17, 15) is 18.0 Å². The maximum Gasteiger partial charge on any atom is 0.264 e. The summed E-state index contributed by atoms with van der Waals surface area (Å²) in [6.07, 6.45) is 3.91. The van der Waals surface area contributed by atoms with Crippen LogP contribution < -0.4 is 9.62 Å². The first kappa shape index (κ1) is 29.9. The number of hydrogen-bond donors (Lipinski definition) is 1. The van der Waals surface area contributed by atoms with E-state index in [-0.39, 0.29) is 39.1 Å². The zero-order chi connectivity index (χ0) is 28.9. The van der Waals surface area contributed by atoms with Crippen molar-refractivity contribution in [2.24, 2.45) is 0 Å². The van der Waals surface area contributed by atoms with Gasteiger partial charge in [0.2, 0.25) is 11.8 Å². The van der Waals surface area contributed by atoms with Crippen molar-refractivity contribution < 1.29 is 18.0 Å². The van der Waals surface area contributed by atoms with Crippen LogP contribution in [0.1, 0.15) is 43.7 Å². The van der Waals surface area contributed by atoms with Crippen LogP contribution in [0.15, 0.2) is 77.7 Å². The summed E-state index contributed by atoms with van der Waals surface area (Å²) in [5.41, 5.74) is 1.88. The Hall–Kier alpha value is -3.07. The van der Waals surface area contributed by atoms with Gasteiger partial charge in [0.15, 0.2) is 0 Å². The van der Waals surface area contributed by atoms with Crippen LogP contribution in [0.3, 0.4) is 0 Å². The van der Waals surface area contributed by atoms with Gasteiger partial charge < -0.3 is 10.2 Å². The van der Waals surface area contributed by atoms with Crippen LogP contribution in [0.2, 0.25) is 10.0 Å². The van der Waals surface area contributed by atoms with Gasteiger partial charge in [0.05, 0.1) is 15.6 Å². The Morgan fingerprint density at radius 1 is 0.975 bits per heavy atom. The minimum atomic E-state index is -4.23. The number of hydrogen-bond acceptors (Lipinski definition) is 4. The monoisotopic (exact) mass is 601 g/mol. The van der Waals surface area contributed by atoms with Crippen molar-refractivity contribution in [3.63, 3.8) is 0 Å². The van der Waals surface area contributed by atoms with Gasteiger partial charge >= 0.3 is 0 Å². The summed E-state index contributed by atoms with van der Waals surface area (Å²) in [4.78, 5) is 28.8. The molecular weight excluding hydrogens is 569 g/mol. The summed E-state index contributed by atoms with van der Waals surface area (Å²) in [5.74, 6) is -0.819. The third kappa shape index (κ3) is 6.97. The van der Waals surface area contributed by atoms with E-state index in [0.29, 0.717) is 0 Å². The zero-order valence-corrected chi connectivity index (χ0v) is 24.8. The van der Waals surface area contributed by atoms with Gasteiger partial charge in [-0.2, -0.15) is 0 Å². The van der Waals surface area contributed by atoms with Gasteiger partial charge in [-0.05, 0) is 68.1 Å². The molecule has 0 heterocycles. The largest absolute Gasteiger partial charge is 0.352 e. The number of rotatable bonds is 10. The second-order valence-corrected chi connectivity index (χ2v) is 12.7. The molecule has 0 aliphatic heterocycles. The molecule has 0 unspecified atom stereocenters. The highest BCUT2D eigenvalue weighted by Crippen LogP contribution is 2.33. The van der Waals surface area contributed by atoms with Crippen molar-refractivity contribution in [3.8, 4) is 0 Å². The lowest BCUT2D eigenvalue weighted by atomic mass is 10.1. The number of aryl methyl sites for hydroxylation is 1. The van der Waals surface area contributed by atoms with Crippen molar-refractivity contribution in [1.82, 2.24) is 10.2 Å². The first-order valence-electron chi connectivity index (χ1n) is 13.2. The number of carbonyl (C=O) groups is 2. The van der Waals surface area contributed by atoms with Gasteiger partial charge in [0, 0.05) is 17.6 Å². The number of nitrogens with one attached hydrogen (secondary N) is 1. The number of sulfonamides is 1. The normalized spacial score (nSPS) is 14.5. The van der Waals surface area contributed by atoms with Gasteiger partial charge in [-0.25, -0.2) is 8.42 Å². The van der Waals surface area contributed by atoms with Gasteiger partial charge in [-0.15, -0.1) is 0 Å². The number of benzene rings is 3. The lowest BCUT2D eigenvalue weighted by Crippen LogP contribution is -2.52. The van der Waals surface area contributed by atoms with Crippen LogP contribution >= 0.6 is 23.2 Å². The molecule has 10 heteroatoms. The molecule has 1 aliphatic rings. The maximum atomic E-state index is 14.1. The standard InChI is InChI=1S/C30H33Cl2N3O4S/c1-21-10-6-7-11-23(21)19-34(22(2)30(37)33-25-12-8-9-13-25)29(36)20-35(28-18-24(31)16-17-27(28)32)40(38,39)26-14-4-3-5-15-26/h3-7,10-11,14-18,22,25H,8-9,12-13,19-20H2,1-2H3,(H,33,37)/t22-/m1/s1. The molecule has 0 bridgehead atoms. The molecule has 0 aromatic heterocycles. The number of halogens is 2. The number of carbonyl (C=O) groups excluding carboxylic acids is 2. The molecule has 0 saturated heterocycles. The molecule has 2 amide bonds. The molecule has 0 spiro atoms. The fourth-order valence-corrected chi connectivity index (χ4v) is 6.74. The average Bonchev–Trinajstić information content (AvgIpc) is 3.45. The number of amides is 2. The molecule has 1 saturated carbocycles. The van der Waals surface area contributed by atoms with Crippen molar-refractivity contribution >= 4 is 50.7 Å². The summed E-state index contributed by atoms with van der Waals surface area (Å²) in [7, 11) is -4.23. The Morgan fingerprint density at radius 2 is 1.62 bits per heavy atom. The van der Waals surface area contributed by atoms with Gasteiger partial charge in [0.1, 0.15) is 12.6 Å². The predicted molar refractivity (Wildman–Crippen MR) is 159 cm³/mol. The molecule has 4 rings (SSSR count). The molecule has 3 aromatic carbocycles. The van der Waals surface area contributed by atoms with Crippen LogP contribution in [-0.2, 0) is 26.2 Å². The van der Waals surface area contributed by atoms with Crippen molar-refractivity contribution in [2.75, 3.05) is 10.8 Å². The first-order valence-corrected chi connectivity index (χ1v) is 15.4. The SMILES string of the molecule is Cc1ccccc1CN(C(=O)CN(c1cc(Cl)ccc1Cl)S(=O)(=O)c1ccccc1)[C@H](C)C(=O)NC1CCCC1. The maximum absolute atomic E-state index is 14.1. The minimum absolute atomic E-state index is 0.00341. The summed E-state index contributed by atoms with van der Waals surface area (Å²) < 4.78 is 28.7. The predicted octanol–water partition coefficient (Wildman–Crippen LogP) is 5.97. The van der Waals surface area contributed by atoms with Crippen LogP contribution in [0.4, 0.5) is 5.69 Å². The highest BCUT2D eigenvalue weighted by molar-refractivity contribution is 7.92. The van der Waals surface area contributed by atoms with Crippen molar-refractivity contribution in [2.45, 2.75) is 63.1 Å². The number of anilines is 1. The van der Waals surface area contributed by atoms with Crippen LogP contribution in [0.5, 0.6) is 0 Å². The van der Waals surface area contributed by atoms with Crippen LogP contribution in [0, 0.1) is 6.92 Å². The molecule has 1 N–H and O–H groups in total. The summed E-state index contributed by atoms with van der Waals surface area (Å²) in [6, 6.07) is 19.1. The van der Waals surface area contributed by atoms with E-state index in [2.05, 4.69) is 5.32 Å². The quantitative estimate of drug-likeness (QED) is 0.310. The van der Waals surface area contributed by atoms with Gasteiger partial charge in [-0.1, -0.05) is 78.5 Å². The van der Waals surface area contributed by atoms with E-state index in [0.717, 1.165) is 41.1 Å². The fraction of sp³-hybridized carbons (Fsp3) is 0.333. The number of nitrogens with zero attached hydrogens (tertiary/aromatic N) is 2. The molecule has 7 nitrogen and oxygen atoms in total. The molecule has 1 atom stereocenters. The van der Waals surface area contributed by atoms with Crippen molar-refractivity contribution in [3.05, 3.63) is 94.0 Å². The lowest BCUT2D eigenvalue weighted by molar-refractivity contribution is -0.139. The van der Waals surface area contributed by atoms with Crippen LogP contribution in [-0.4, -0.2) is 43.8 Å². The molecule has 40 heavy (non-hydrogen) atoms. The van der Waals surface area contributed by atoms with Crippen LogP contribution in [0.25, 0.3) is 0 Å². The summed E-state index contributed by atoms with van der Waals surface area (Å²) >= 11 is 12.7. The highest BCUT2D eigenvalue weighted by Gasteiger charge is 2.34. The van der Waals surface area contributed by atoms with E-state index >= 15 is 0 Å². The van der Waals surface area contributed by atoms with E-state index in [1.807, 2.05) is 31.2 Å². The van der Waals surface area contributed by atoms with Crippen molar-refractivity contribution in [1.29, 1.82) is 0 Å². The Labute approximate surface area is 246 Å². The second kappa shape index (κ2) is 13.1.